The van der Waals surface area contributed by atoms with Gasteiger partial charge in [-0.25, -0.2) is 9.98 Å². The zero-order valence-corrected chi connectivity index (χ0v) is 39.6. The molecule has 0 saturated carbocycles. The fourth-order valence-corrected chi connectivity index (χ4v) is 13.5. The first-order valence-electron chi connectivity index (χ1n) is 26.6. The number of anilines is 1. The number of benzene rings is 2. The van der Waals surface area contributed by atoms with Gasteiger partial charge in [-0.3, -0.25) is 0 Å². The maximum atomic E-state index is 7.18. The molecular weight excluding hydrogens is 829 g/mol. The maximum Gasteiger partial charge on any atom is 0.148 e. The second-order valence-electron chi connectivity index (χ2n) is 21.2. The van der Waals surface area contributed by atoms with E-state index in [2.05, 4.69) is 156 Å². The van der Waals surface area contributed by atoms with Crippen LogP contribution >= 0.6 is 0 Å². The van der Waals surface area contributed by atoms with Crippen LogP contribution in [0.1, 0.15) is 148 Å². The lowest BCUT2D eigenvalue weighted by atomic mass is 9.70. The van der Waals surface area contributed by atoms with Gasteiger partial charge in [0.2, 0.25) is 0 Å². The molecule has 5 heteroatoms. The van der Waals surface area contributed by atoms with Crippen LogP contribution < -0.4 is 15.0 Å². The van der Waals surface area contributed by atoms with Crippen LogP contribution in [0.15, 0.2) is 172 Å². The Kier molecular flexibility index (Phi) is 11.3. The Morgan fingerprint density at radius 1 is 0.647 bits per heavy atom. The van der Waals surface area contributed by atoms with E-state index < -0.39 is 0 Å². The van der Waals surface area contributed by atoms with Crippen molar-refractivity contribution in [1.29, 1.82) is 0 Å². The first-order valence-corrected chi connectivity index (χ1v) is 26.6. The van der Waals surface area contributed by atoms with E-state index in [9.17, 15) is 0 Å². The number of aliphatic imine (C=N–C) groups is 2. The molecule has 8 aliphatic carbocycles. The summed E-state index contributed by atoms with van der Waals surface area (Å²) in [5, 5.41) is 3.83. The highest BCUT2D eigenvalue weighted by molar-refractivity contribution is 6.15. The molecule has 3 aliphatic heterocycles. The van der Waals surface area contributed by atoms with Crippen molar-refractivity contribution in [1.82, 2.24) is 5.32 Å². The third-order valence-electron chi connectivity index (χ3n) is 17.1. The first kappa shape index (κ1) is 42.2. The summed E-state index contributed by atoms with van der Waals surface area (Å²) in [6, 6.07) is 13.2. The summed E-state index contributed by atoms with van der Waals surface area (Å²) in [4.78, 5) is 14.1. The number of fused-ring (bicyclic) bond motifs is 7. The Morgan fingerprint density at radius 2 is 1.49 bits per heavy atom. The Bertz CT molecular complexity index is 2830. The van der Waals surface area contributed by atoms with E-state index in [1.54, 1.807) is 0 Å². The van der Waals surface area contributed by atoms with Crippen LogP contribution in [-0.2, 0) is 0 Å². The third kappa shape index (κ3) is 7.78. The lowest BCUT2D eigenvalue weighted by molar-refractivity contribution is 0.265. The van der Waals surface area contributed by atoms with Gasteiger partial charge in [0.25, 0.3) is 0 Å². The molecule has 2 aromatic rings. The van der Waals surface area contributed by atoms with Crippen LogP contribution in [0.2, 0.25) is 0 Å². The monoisotopic (exact) mass is 895 g/mol. The molecule has 9 atom stereocenters. The number of hydrogen-bond donors (Lipinski definition) is 1. The molecule has 1 N–H and O–H groups in total. The van der Waals surface area contributed by atoms with E-state index in [0.717, 1.165) is 75.2 Å². The van der Waals surface area contributed by atoms with Gasteiger partial charge in [-0.15, -0.1) is 0 Å². The van der Waals surface area contributed by atoms with Crippen LogP contribution in [0, 0.1) is 11.8 Å². The smallest absolute Gasteiger partial charge is 0.148 e. The number of rotatable bonds is 8. The van der Waals surface area contributed by atoms with Crippen LogP contribution in [0.5, 0.6) is 5.75 Å². The summed E-state index contributed by atoms with van der Waals surface area (Å²) in [7, 11) is 0. The van der Waals surface area contributed by atoms with Gasteiger partial charge >= 0.3 is 0 Å². The van der Waals surface area contributed by atoms with E-state index in [1.807, 2.05) is 0 Å². The molecule has 0 bridgehead atoms. The summed E-state index contributed by atoms with van der Waals surface area (Å²) < 4.78 is 7.18. The van der Waals surface area contributed by atoms with Crippen LogP contribution in [-0.4, -0.2) is 36.0 Å². The number of nitrogens with zero attached hydrogens (tertiary/aromatic N) is 3. The average molecular weight is 895 g/mol. The summed E-state index contributed by atoms with van der Waals surface area (Å²) >= 11 is 0. The van der Waals surface area contributed by atoms with Gasteiger partial charge in [0.15, 0.2) is 0 Å². The molecule has 0 fully saturated rings. The van der Waals surface area contributed by atoms with E-state index in [4.69, 9.17) is 14.7 Å². The van der Waals surface area contributed by atoms with E-state index in [0.29, 0.717) is 18.0 Å². The molecule has 0 amide bonds. The fraction of sp³-hybridized carbons (Fsp3) is 0.397. The third-order valence-corrected chi connectivity index (χ3v) is 17.1. The van der Waals surface area contributed by atoms with Crippen LogP contribution in [0.3, 0.4) is 0 Å². The van der Waals surface area contributed by atoms with Crippen molar-refractivity contribution in [2.75, 3.05) is 4.90 Å². The average Bonchev–Trinajstić information content (AvgIpc) is 3.97. The number of ether oxygens (including phenoxy) is 1. The summed E-state index contributed by atoms with van der Waals surface area (Å²) in [6.07, 6.45) is 63.2. The van der Waals surface area contributed by atoms with E-state index in [1.165, 1.54) is 106 Å². The van der Waals surface area contributed by atoms with Gasteiger partial charge in [0.1, 0.15) is 29.7 Å². The van der Waals surface area contributed by atoms with Gasteiger partial charge in [-0.05, 0) is 153 Å². The molecule has 0 radical (unpaired) electrons. The highest BCUT2D eigenvalue weighted by atomic mass is 16.5. The highest BCUT2D eigenvalue weighted by Gasteiger charge is 2.46. The standard InChI is InChI=1S/C63H66N4O/c1-6-18-41(19-7-1)47-36-48(42-20-8-2-9-21-42)38-49(37-47)45-30-32-51(56(39-45)63-65-61(43-22-10-3-11-23-43)64-62(66-63)44-24-12-4-13-25-44)46-31-35-58-55(40-46)54-34-33-53-52-28-16-17-29-57(52)67(59(53)60(54)68-58)50-26-14-5-15-27-50/h1,3,5-6,8,10,14-15,18,20,22,24,26,28,30-38,40,42,45,50-51,55-58,63H,2,4,7,9,11-13,16-17,19,21,23,25,27,29,39H2,(H,64,65,66)/t42?,45?,50?,51-,55?,56?,57?,58-,63?/m1/s1. The molecule has 2 aromatic carbocycles. The number of nitrogens with one attached hydrogen (secondary N) is 1. The topological polar surface area (TPSA) is 49.2 Å². The van der Waals surface area contributed by atoms with Crippen molar-refractivity contribution in [2.24, 2.45) is 21.8 Å². The maximum absolute atomic E-state index is 7.18. The molecule has 68 heavy (non-hydrogen) atoms. The molecular formula is C63H66N4O. The van der Waals surface area contributed by atoms with Crippen molar-refractivity contribution in [2.45, 2.75) is 145 Å². The Hall–Kier alpha value is -5.94. The molecule has 0 spiro atoms. The highest BCUT2D eigenvalue weighted by Crippen LogP contribution is 2.57. The summed E-state index contributed by atoms with van der Waals surface area (Å²) in [5.41, 5.74) is 15.4. The molecule has 11 aliphatic rings. The zero-order valence-electron chi connectivity index (χ0n) is 39.6. The van der Waals surface area contributed by atoms with Gasteiger partial charge in [-0.2, -0.15) is 0 Å². The molecule has 0 aromatic heterocycles. The second kappa shape index (κ2) is 18.2. The quantitative estimate of drug-likeness (QED) is 0.269. The van der Waals surface area contributed by atoms with E-state index in [-0.39, 0.29) is 35.9 Å². The van der Waals surface area contributed by atoms with Crippen LogP contribution in [0.4, 0.5) is 5.69 Å². The summed E-state index contributed by atoms with van der Waals surface area (Å²) in [6.45, 7) is 0. The lowest BCUT2D eigenvalue weighted by Gasteiger charge is -2.38. The minimum absolute atomic E-state index is 0.0177. The van der Waals surface area contributed by atoms with Crippen molar-refractivity contribution in [3.8, 4) is 5.75 Å². The van der Waals surface area contributed by atoms with Crippen molar-refractivity contribution < 1.29 is 4.74 Å². The Morgan fingerprint density at radius 3 is 2.28 bits per heavy atom. The minimum atomic E-state index is -0.214. The van der Waals surface area contributed by atoms with E-state index >= 15 is 0 Å². The number of allylic oxidation sites excluding steroid dienone is 17. The molecule has 344 valence electrons. The number of amidine groups is 2. The normalized spacial score (nSPS) is 32.0. The minimum Gasteiger partial charge on any atom is -0.483 e. The molecule has 0 saturated heterocycles. The fourth-order valence-electron chi connectivity index (χ4n) is 13.5. The number of hydrogen-bond acceptors (Lipinski definition) is 5. The zero-order chi connectivity index (χ0) is 45.0. The predicted octanol–water partition coefficient (Wildman–Crippen LogP) is 14.7. The van der Waals surface area contributed by atoms with Gasteiger partial charge in [0, 0.05) is 40.7 Å². The summed E-state index contributed by atoms with van der Waals surface area (Å²) in [5.74, 6) is 4.37. The molecule has 13 rings (SSSR count). The van der Waals surface area contributed by atoms with Crippen molar-refractivity contribution in [3.63, 3.8) is 0 Å². The van der Waals surface area contributed by atoms with Crippen molar-refractivity contribution >= 4 is 28.5 Å². The van der Waals surface area contributed by atoms with Gasteiger partial charge in [-0.1, -0.05) is 140 Å². The van der Waals surface area contributed by atoms with Gasteiger partial charge < -0.3 is 15.0 Å². The lowest BCUT2D eigenvalue weighted by Crippen LogP contribution is -2.42. The Balaban J connectivity index is 0.912. The second-order valence-corrected chi connectivity index (χ2v) is 21.2. The first-order chi connectivity index (χ1) is 33.7. The predicted molar refractivity (Wildman–Crippen MR) is 282 cm³/mol. The van der Waals surface area contributed by atoms with Gasteiger partial charge in [0.05, 0.1) is 17.8 Å². The van der Waals surface area contributed by atoms with Crippen molar-refractivity contribution in [3.05, 3.63) is 190 Å². The SMILES string of the molecule is C1=CCCC(C2=NC(C3CC(c4cc(C5=CC=CCC5)cc(C5C=CCCC5)c4)C=C[C@@H]3C3=CC4c5ccc6c(c5O[C@@H]4C=C3)N(C3C=CC=CC3)C3CCCC=C63)N=C(C3=CCCCC3)N2)=C1. The van der Waals surface area contributed by atoms with Crippen LogP contribution in [0.25, 0.3) is 11.1 Å². The Labute approximate surface area is 404 Å². The molecule has 3 heterocycles. The molecule has 5 nitrogen and oxygen atoms in total. The molecule has 7 unspecified atom stereocenters. The largest absolute Gasteiger partial charge is 0.483 e.